The number of halogens is 1. The van der Waals surface area contributed by atoms with Crippen molar-refractivity contribution in [3.05, 3.63) is 47.0 Å². The summed E-state index contributed by atoms with van der Waals surface area (Å²) in [5.41, 5.74) is 3.06. The van der Waals surface area contributed by atoms with Crippen molar-refractivity contribution in [1.82, 2.24) is 15.3 Å². The Bertz CT molecular complexity index is 616. The van der Waals surface area contributed by atoms with Gasteiger partial charge in [0.2, 0.25) is 0 Å². The molecular weight excluding hydrogens is 269 g/mol. The van der Waals surface area contributed by atoms with Crippen LogP contribution in [0.4, 0.5) is 4.39 Å². The number of aryl methyl sites for hydroxylation is 2. The van der Waals surface area contributed by atoms with Crippen LogP contribution >= 0.6 is 0 Å². The Balaban J connectivity index is 2.19. The molecule has 1 aromatic heterocycles. The van der Waals surface area contributed by atoms with E-state index in [1.165, 1.54) is 6.07 Å². The minimum atomic E-state index is -0.239. The van der Waals surface area contributed by atoms with E-state index in [9.17, 15) is 4.39 Å². The SMILES string of the molecule is COCCNCc1cc(C)nc(-c2ccc(C)c(F)c2)n1. The Morgan fingerprint density at radius 2 is 2.00 bits per heavy atom. The molecule has 21 heavy (non-hydrogen) atoms. The molecule has 0 aliphatic heterocycles. The molecular formula is C16H20FN3O. The summed E-state index contributed by atoms with van der Waals surface area (Å²) in [5, 5.41) is 3.24. The van der Waals surface area contributed by atoms with Gasteiger partial charge in [0, 0.05) is 31.5 Å². The molecule has 2 aromatic rings. The molecule has 0 spiro atoms. The van der Waals surface area contributed by atoms with E-state index in [0.717, 1.165) is 17.9 Å². The van der Waals surface area contributed by atoms with Crippen molar-refractivity contribution in [1.29, 1.82) is 0 Å². The van der Waals surface area contributed by atoms with Crippen LogP contribution in [0.15, 0.2) is 24.3 Å². The molecule has 0 aliphatic carbocycles. The van der Waals surface area contributed by atoms with Gasteiger partial charge in [-0.25, -0.2) is 14.4 Å². The number of hydrogen-bond acceptors (Lipinski definition) is 4. The second-order valence-corrected chi connectivity index (χ2v) is 4.96. The normalized spacial score (nSPS) is 10.9. The van der Waals surface area contributed by atoms with Crippen LogP contribution in [-0.2, 0) is 11.3 Å². The van der Waals surface area contributed by atoms with Crippen molar-refractivity contribution in [2.75, 3.05) is 20.3 Å². The number of hydrogen-bond donors (Lipinski definition) is 1. The van der Waals surface area contributed by atoms with E-state index in [4.69, 9.17) is 4.74 Å². The molecule has 0 fully saturated rings. The highest BCUT2D eigenvalue weighted by atomic mass is 19.1. The van der Waals surface area contributed by atoms with Gasteiger partial charge in [-0.2, -0.15) is 0 Å². The fourth-order valence-electron chi connectivity index (χ4n) is 1.98. The van der Waals surface area contributed by atoms with Crippen molar-refractivity contribution >= 4 is 0 Å². The van der Waals surface area contributed by atoms with Gasteiger partial charge in [-0.05, 0) is 31.5 Å². The number of aromatic nitrogens is 2. The number of nitrogens with one attached hydrogen (secondary N) is 1. The first-order valence-corrected chi connectivity index (χ1v) is 6.91. The number of rotatable bonds is 6. The van der Waals surface area contributed by atoms with Crippen LogP contribution < -0.4 is 5.32 Å². The summed E-state index contributed by atoms with van der Waals surface area (Å²) < 4.78 is 18.7. The number of nitrogens with zero attached hydrogens (tertiary/aromatic N) is 2. The number of ether oxygens (including phenoxy) is 1. The van der Waals surface area contributed by atoms with Crippen LogP contribution in [0.1, 0.15) is 17.0 Å². The first kappa shape index (κ1) is 15.5. The molecule has 0 saturated heterocycles. The van der Waals surface area contributed by atoms with Gasteiger partial charge in [0.05, 0.1) is 12.3 Å². The fourth-order valence-corrected chi connectivity index (χ4v) is 1.98. The molecule has 4 nitrogen and oxygen atoms in total. The minimum absolute atomic E-state index is 0.239. The van der Waals surface area contributed by atoms with Crippen LogP contribution in [0.5, 0.6) is 0 Å². The van der Waals surface area contributed by atoms with Crippen LogP contribution in [0.2, 0.25) is 0 Å². The van der Waals surface area contributed by atoms with Gasteiger partial charge in [0.1, 0.15) is 5.82 Å². The topological polar surface area (TPSA) is 47.0 Å². The summed E-state index contributed by atoms with van der Waals surface area (Å²) in [4.78, 5) is 8.88. The smallest absolute Gasteiger partial charge is 0.159 e. The maximum Gasteiger partial charge on any atom is 0.159 e. The van der Waals surface area contributed by atoms with Crippen LogP contribution in [-0.4, -0.2) is 30.2 Å². The molecule has 2 rings (SSSR count). The molecule has 0 amide bonds. The molecule has 0 radical (unpaired) electrons. The Morgan fingerprint density at radius 3 is 2.71 bits per heavy atom. The second kappa shape index (κ2) is 7.24. The van der Waals surface area contributed by atoms with E-state index in [2.05, 4.69) is 15.3 Å². The number of benzene rings is 1. The van der Waals surface area contributed by atoms with Gasteiger partial charge >= 0.3 is 0 Å². The van der Waals surface area contributed by atoms with Gasteiger partial charge in [0.15, 0.2) is 5.82 Å². The molecule has 0 atom stereocenters. The zero-order valence-corrected chi connectivity index (χ0v) is 12.6. The summed E-state index contributed by atoms with van der Waals surface area (Å²) in [6, 6.07) is 6.99. The van der Waals surface area contributed by atoms with Crippen molar-refractivity contribution in [3.63, 3.8) is 0 Å². The van der Waals surface area contributed by atoms with Crippen LogP contribution in [0, 0.1) is 19.7 Å². The van der Waals surface area contributed by atoms with Crippen molar-refractivity contribution in [3.8, 4) is 11.4 Å². The third-order valence-electron chi connectivity index (χ3n) is 3.13. The summed E-state index contributed by atoms with van der Waals surface area (Å²) >= 11 is 0. The number of methoxy groups -OCH3 is 1. The summed E-state index contributed by atoms with van der Waals surface area (Å²) in [7, 11) is 1.67. The first-order chi connectivity index (χ1) is 10.1. The minimum Gasteiger partial charge on any atom is -0.383 e. The highest BCUT2D eigenvalue weighted by Crippen LogP contribution is 2.19. The maximum atomic E-state index is 13.7. The predicted octanol–water partition coefficient (Wildman–Crippen LogP) is 2.64. The standard InChI is InChI=1S/C16H20FN3O/c1-11-4-5-13(9-15(11)17)16-19-12(2)8-14(20-16)10-18-6-7-21-3/h4-5,8-9,18H,6-7,10H2,1-3H3. The Hall–Kier alpha value is -1.85. The maximum absolute atomic E-state index is 13.7. The van der Waals surface area contributed by atoms with E-state index < -0.39 is 0 Å². The first-order valence-electron chi connectivity index (χ1n) is 6.91. The van der Waals surface area contributed by atoms with E-state index in [0.29, 0.717) is 30.1 Å². The largest absolute Gasteiger partial charge is 0.383 e. The summed E-state index contributed by atoms with van der Waals surface area (Å²) in [6.45, 7) is 5.69. The predicted molar refractivity (Wildman–Crippen MR) is 80.5 cm³/mol. The molecule has 1 aromatic carbocycles. The second-order valence-electron chi connectivity index (χ2n) is 4.96. The Labute approximate surface area is 124 Å². The molecule has 1 heterocycles. The van der Waals surface area contributed by atoms with Gasteiger partial charge in [-0.1, -0.05) is 12.1 Å². The summed E-state index contributed by atoms with van der Waals surface area (Å²) in [5.74, 6) is 0.315. The highest BCUT2D eigenvalue weighted by Gasteiger charge is 2.07. The quantitative estimate of drug-likeness (QED) is 0.831. The van der Waals surface area contributed by atoms with E-state index in [-0.39, 0.29) is 5.82 Å². The van der Waals surface area contributed by atoms with E-state index >= 15 is 0 Å². The van der Waals surface area contributed by atoms with E-state index in [1.807, 2.05) is 19.1 Å². The van der Waals surface area contributed by atoms with E-state index in [1.54, 1.807) is 20.1 Å². The van der Waals surface area contributed by atoms with Crippen molar-refractivity contribution < 1.29 is 9.13 Å². The van der Waals surface area contributed by atoms with Crippen molar-refractivity contribution in [2.45, 2.75) is 20.4 Å². The Kier molecular flexibility index (Phi) is 5.36. The molecule has 0 unspecified atom stereocenters. The average molecular weight is 289 g/mol. The van der Waals surface area contributed by atoms with Gasteiger partial charge in [-0.15, -0.1) is 0 Å². The van der Waals surface area contributed by atoms with Gasteiger partial charge in [0.25, 0.3) is 0 Å². The Morgan fingerprint density at radius 1 is 1.19 bits per heavy atom. The molecule has 1 N–H and O–H groups in total. The van der Waals surface area contributed by atoms with Gasteiger partial charge in [-0.3, -0.25) is 0 Å². The van der Waals surface area contributed by atoms with Gasteiger partial charge < -0.3 is 10.1 Å². The molecule has 0 saturated carbocycles. The van der Waals surface area contributed by atoms with Crippen LogP contribution in [0.3, 0.4) is 0 Å². The van der Waals surface area contributed by atoms with Crippen LogP contribution in [0.25, 0.3) is 11.4 Å². The average Bonchev–Trinajstić information content (AvgIpc) is 2.46. The molecule has 0 aliphatic rings. The lowest BCUT2D eigenvalue weighted by atomic mass is 10.1. The summed E-state index contributed by atoms with van der Waals surface area (Å²) in [6.07, 6.45) is 0. The fraction of sp³-hybridized carbons (Fsp3) is 0.375. The zero-order chi connectivity index (χ0) is 15.2. The molecule has 5 heteroatoms. The zero-order valence-electron chi connectivity index (χ0n) is 12.6. The lowest BCUT2D eigenvalue weighted by molar-refractivity contribution is 0.199. The third kappa shape index (κ3) is 4.31. The highest BCUT2D eigenvalue weighted by molar-refractivity contribution is 5.56. The lowest BCUT2D eigenvalue weighted by Crippen LogP contribution is -2.19. The third-order valence-corrected chi connectivity index (χ3v) is 3.13. The molecule has 112 valence electrons. The molecule has 0 bridgehead atoms. The lowest BCUT2D eigenvalue weighted by Gasteiger charge is -2.08. The van der Waals surface area contributed by atoms with Crippen molar-refractivity contribution in [2.24, 2.45) is 0 Å². The monoisotopic (exact) mass is 289 g/mol.